The van der Waals surface area contributed by atoms with Gasteiger partial charge in [0.05, 0.1) is 17.4 Å². The normalized spacial score (nSPS) is 21.6. The first-order chi connectivity index (χ1) is 18.9. The van der Waals surface area contributed by atoms with Crippen LogP contribution in [0, 0.1) is 0 Å². The first-order valence-corrected chi connectivity index (χ1v) is 13.7. The highest BCUT2D eigenvalue weighted by molar-refractivity contribution is 5.81. The maximum absolute atomic E-state index is 13.3. The number of anilines is 1. The molecule has 4 aromatic rings. The van der Waals surface area contributed by atoms with E-state index in [1.807, 2.05) is 13.8 Å². The molecule has 1 amide bonds. The van der Waals surface area contributed by atoms with E-state index in [-0.39, 0.29) is 29.7 Å². The highest BCUT2D eigenvalue weighted by atomic mass is 16.6. The summed E-state index contributed by atoms with van der Waals surface area (Å²) in [4.78, 5) is 35.4. The quantitative estimate of drug-likeness (QED) is 0.257. The number of aliphatic hydroxyl groups excluding tert-OH is 2. The smallest absolute Gasteiger partial charge is 0.222 e. The fourth-order valence-electron chi connectivity index (χ4n) is 5.15. The molecule has 214 valence electrons. The summed E-state index contributed by atoms with van der Waals surface area (Å²) in [6.07, 6.45) is 0.156. The highest BCUT2D eigenvalue weighted by Crippen LogP contribution is 2.33. The van der Waals surface area contributed by atoms with E-state index < -0.39 is 24.5 Å². The summed E-state index contributed by atoms with van der Waals surface area (Å²) in [5.74, 6) is 1.01. The number of nitrogens with zero attached hydrogens (tertiary/aromatic N) is 6. The van der Waals surface area contributed by atoms with E-state index in [2.05, 4.69) is 58.9 Å². The summed E-state index contributed by atoms with van der Waals surface area (Å²) < 4.78 is 7.59. The Bertz CT molecular complexity index is 1510. The van der Waals surface area contributed by atoms with Gasteiger partial charge in [-0.1, -0.05) is 26.8 Å². The number of carbonyl (C=O) groups is 1. The molecule has 3 aromatic heterocycles. The molecule has 5 N–H and O–H groups in total. The van der Waals surface area contributed by atoms with Crippen molar-refractivity contribution >= 4 is 33.9 Å². The van der Waals surface area contributed by atoms with Gasteiger partial charge in [-0.15, -0.1) is 0 Å². The molecule has 0 radical (unpaired) electrons. The van der Waals surface area contributed by atoms with Crippen LogP contribution in [0.1, 0.15) is 65.1 Å². The number of imidazole rings is 2. The molecule has 5 rings (SSSR count). The molecular weight excluding hydrogens is 512 g/mol. The van der Waals surface area contributed by atoms with Crippen LogP contribution in [0.25, 0.3) is 22.2 Å². The average Bonchev–Trinajstić information content (AvgIpc) is 3.58. The number of aryl methyl sites for hydroxylation is 1. The van der Waals surface area contributed by atoms with Crippen molar-refractivity contribution in [2.24, 2.45) is 0 Å². The number of hydrogen-bond donors (Lipinski definition) is 4. The molecular formula is C28H38N8O4. The van der Waals surface area contributed by atoms with Gasteiger partial charge in [0.25, 0.3) is 0 Å². The van der Waals surface area contributed by atoms with Crippen molar-refractivity contribution in [1.29, 1.82) is 0 Å². The van der Waals surface area contributed by atoms with Crippen LogP contribution in [-0.2, 0) is 21.4 Å². The Labute approximate surface area is 232 Å². The van der Waals surface area contributed by atoms with Crippen LogP contribution < -0.4 is 5.73 Å². The van der Waals surface area contributed by atoms with Gasteiger partial charge >= 0.3 is 0 Å². The Balaban J connectivity index is 1.22. The zero-order valence-electron chi connectivity index (χ0n) is 23.6. The number of aromatic nitrogens is 6. The van der Waals surface area contributed by atoms with Gasteiger partial charge in [0, 0.05) is 25.4 Å². The molecule has 1 saturated heterocycles. The number of carbonyl (C=O) groups excluding carboxylic acids is 1. The number of fused-ring (bicyclic) bond motifs is 2. The second kappa shape index (κ2) is 10.8. The maximum Gasteiger partial charge on any atom is 0.222 e. The van der Waals surface area contributed by atoms with Crippen molar-refractivity contribution in [3.05, 3.63) is 42.2 Å². The van der Waals surface area contributed by atoms with E-state index in [1.165, 1.54) is 22.8 Å². The number of ether oxygens (including phenoxy) is 1. The van der Waals surface area contributed by atoms with E-state index >= 15 is 0 Å². The van der Waals surface area contributed by atoms with Crippen molar-refractivity contribution in [3.8, 4) is 0 Å². The zero-order chi connectivity index (χ0) is 28.8. The van der Waals surface area contributed by atoms with Crippen molar-refractivity contribution < 1.29 is 19.7 Å². The van der Waals surface area contributed by atoms with Gasteiger partial charge in [-0.2, -0.15) is 0 Å². The monoisotopic (exact) mass is 550 g/mol. The minimum atomic E-state index is -1.24. The van der Waals surface area contributed by atoms with E-state index in [0.717, 1.165) is 16.9 Å². The summed E-state index contributed by atoms with van der Waals surface area (Å²) in [6.45, 7) is 10.5. The summed E-state index contributed by atoms with van der Waals surface area (Å²) in [6, 6.07) is 6.17. The van der Waals surface area contributed by atoms with E-state index in [1.54, 1.807) is 4.90 Å². The van der Waals surface area contributed by atoms with Crippen molar-refractivity contribution in [2.45, 2.75) is 89.9 Å². The topological polar surface area (TPSA) is 168 Å². The second-order valence-electron chi connectivity index (χ2n) is 11.8. The Kier molecular flexibility index (Phi) is 7.51. The van der Waals surface area contributed by atoms with Gasteiger partial charge in [-0.3, -0.25) is 9.36 Å². The fourth-order valence-corrected chi connectivity index (χ4v) is 5.15. The van der Waals surface area contributed by atoms with Gasteiger partial charge in [0.2, 0.25) is 5.91 Å². The lowest BCUT2D eigenvalue weighted by Crippen LogP contribution is -2.45. The number of benzene rings is 1. The predicted molar refractivity (Wildman–Crippen MR) is 150 cm³/mol. The third kappa shape index (κ3) is 5.38. The molecule has 1 fully saturated rings. The molecule has 4 atom stereocenters. The lowest BCUT2D eigenvalue weighted by Gasteiger charge is -2.30. The SMILES string of the molecule is CC(C)N(C[C@H]1O[C@@H](n2cnc3c(N)ncnc32)[C@H](O)[C@H]1O)C(=O)CCCc1nc2cc(C(C)(C)C)ccc2[nH]1. The Morgan fingerprint density at radius 1 is 1.20 bits per heavy atom. The molecule has 12 nitrogen and oxygen atoms in total. The van der Waals surface area contributed by atoms with Crippen LogP contribution >= 0.6 is 0 Å². The number of hydrogen-bond acceptors (Lipinski definition) is 9. The van der Waals surface area contributed by atoms with Gasteiger partial charge < -0.3 is 30.6 Å². The molecule has 1 aliphatic rings. The van der Waals surface area contributed by atoms with E-state index in [9.17, 15) is 15.0 Å². The van der Waals surface area contributed by atoms with E-state index in [4.69, 9.17) is 15.5 Å². The third-order valence-corrected chi connectivity index (χ3v) is 7.52. The number of amides is 1. The number of aliphatic hydroxyl groups is 2. The molecule has 0 aliphatic carbocycles. The number of rotatable bonds is 8. The van der Waals surface area contributed by atoms with Gasteiger partial charge in [0.1, 0.15) is 36.0 Å². The van der Waals surface area contributed by atoms with Gasteiger partial charge in [-0.05, 0) is 43.4 Å². The predicted octanol–water partition coefficient (Wildman–Crippen LogP) is 2.46. The minimum absolute atomic E-state index is 0.0433. The largest absolute Gasteiger partial charge is 0.387 e. The number of aromatic amines is 1. The molecule has 0 bridgehead atoms. The van der Waals surface area contributed by atoms with Crippen molar-refractivity contribution in [1.82, 2.24) is 34.4 Å². The maximum atomic E-state index is 13.3. The molecule has 0 spiro atoms. The number of H-pyrrole nitrogens is 1. The standard InChI is InChI=1S/C28H38N8O4/c1-15(2)35(21(37)8-6-7-20-33-17-10-9-16(28(3,4)5)11-18(17)34-20)12-19-23(38)24(39)27(40-19)36-14-32-22-25(29)30-13-31-26(22)36/h9-11,13-15,19,23-24,27,38-39H,6-8,12H2,1-5H3,(H,33,34)(H2,29,30,31)/t19-,23+,24-,27-/m1/s1. The van der Waals surface area contributed by atoms with Crippen molar-refractivity contribution in [2.75, 3.05) is 12.3 Å². The lowest BCUT2D eigenvalue weighted by molar-refractivity contribution is -0.136. The van der Waals surface area contributed by atoms with Crippen LogP contribution in [0.5, 0.6) is 0 Å². The highest BCUT2D eigenvalue weighted by Gasteiger charge is 2.45. The fraction of sp³-hybridized carbons (Fsp3) is 0.536. The first kappa shape index (κ1) is 27.9. The molecule has 0 saturated carbocycles. The Morgan fingerprint density at radius 2 is 1.98 bits per heavy atom. The zero-order valence-corrected chi connectivity index (χ0v) is 23.6. The molecule has 1 aliphatic heterocycles. The first-order valence-electron chi connectivity index (χ1n) is 13.7. The summed E-state index contributed by atoms with van der Waals surface area (Å²) in [5.41, 5.74) is 9.83. The number of nitrogens with two attached hydrogens (primary N) is 1. The molecule has 4 heterocycles. The second-order valence-corrected chi connectivity index (χ2v) is 11.8. The molecule has 0 unspecified atom stereocenters. The van der Waals surface area contributed by atoms with Crippen LogP contribution in [0.3, 0.4) is 0 Å². The number of nitrogens with one attached hydrogen (secondary N) is 1. The Morgan fingerprint density at radius 3 is 2.70 bits per heavy atom. The van der Waals surface area contributed by atoms with Gasteiger partial charge in [0.15, 0.2) is 17.7 Å². The summed E-state index contributed by atoms with van der Waals surface area (Å²) >= 11 is 0. The Hall–Kier alpha value is -3.61. The number of nitrogen functional groups attached to an aromatic ring is 1. The molecule has 12 heteroatoms. The minimum Gasteiger partial charge on any atom is -0.387 e. The van der Waals surface area contributed by atoms with E-state index in [0.29, 0.717) is 30.4 Å². The third-order valence-electron chi connectivity index (χ3n) is 7.52. The van der Waals surface area contributed by atoms with Crippen LogP contribution in [0.15, 0.2) is 30.9 Å². The van der Waals surface area contributed by atoms with Crippen molar-refractivity contribution in [3.63, 3.8) is 0 Å². The van der Waals surface area contributed by atoms with Gasteiger partial charge in [-0.25, -0.2) is 19.9 Å². The average molecular weight is 551 g/mol. The van der Waals surface area contributed by atoms with Crippen LogP contribution in [0.4, 0.5) is 5.82 Å². The van der Waals surface area contributed by atoms with Crippen LogP contribution in [0.2, 0.25) is 0 Å². The summed E-state index contributed by atoms with van der Waals surface area (Å²) in [5, 5.41) is 21.6. The molecule has 1 aromatic carbocycles. The van der Waals surface area contributed by atoms with Crippen LogP contribution in [-0.4, -0.2) is 81.4 Å². The summed E-state index contributed by atoms with van der Waals surface area (Å²) in [7, 11) is 0. The lowest BCUT2D eigenvalue weighted by atomic mass is 9.87. The molecule has 40 heavy (non-hydrogen) atoms.